The Morgan fingerprint density at radius 1 is 1.06 bits per heavy atom. The predicted octanol–water partition coefficient (Wildman–Crippen LogP) is 6.13. The van der Waals surface area contributed by atoms with Gasteiger partial charge < -0.3 is 10.3 Å². The smallest absolute Gasteiger partial charge is 0.346 e. The quantitative estimate of drug-likeness (QED) is 0.406. The van der Waals surface area contributed by atoms with E-state index in [1.54, 1.807) is 6.20 Å². The molecule has 0 saturated carbocycles. The third-order valence-corrected chi connectivity index (χ3v) is 5.13. The standard InChI is InChI=1S/C24H20F3N3O/c1-15-5-7-20(13-21(15)24(25,26)27)30-22(31)8-6-16-3-2-4-17(11-16)19-12-18-9-10-28-23(18)29-14-19/h2-5,7,9-14H,6,8H2,1H3,(H,28,29)(H,30,31). The number of benzene rings is 2. The molecule has 0 aliphatic carbocycles. The van der Waals surface area contributed by atoms with Crippen LogP contribution in [-0.2, 0) is 17.4 Å². The monoisotopic (exact) mass is 423 g/mol. The topological polar surface area (TPSA) is 57.8 Å². The fourth-order valence-corrected chi connectivity index (χ4v) is 3.49. The molecule has 158 valence electrons. The predicted molar refractivity (Wildman–Crippen MR) is 115 cm³/mol. The molecule has 0 fully saturated rings. The second-order valence-electron chi connectivity index (χ2n) is 7.42. The van der Waals surface area contributed by atoms with Crippen LogP contribution in [-0.4, -0.2) is 15.9 Å². The number of aromatic nitrogens is 2. The Morgan fingerprint density at radius 3 is 2.71 bits per heavy atom. The van der Waals surface area contributed by atoms with Crippen molar-refractivity contribution in [2.24, 2.45) is 0 Å². The zero-order chi connectivity index (χ0) is 22.0. The van der Waals surface area contributed by atoms with Crippen LogP contribution >= 0.6 is 0 Å². The minimum absolute atomic E-state index is 0.120. The van der Waals surface area contributed by atoms with Gasteiger partial charge in [0.1, 0.15) is 5.65 Å². The first-order valence-corrected chi connectivity index (χ1v) is 9.80. The van der Waals surface area contributed by atoms with Crippen molar-refractivity contribution in [2.45, 2.75) is 25.9 Å². The molecule has 0 atom stereocenters. The van der Waals surface area contributed by atoms with Crippen molar-refractivity contribution >= 4 is 22.6 Å². The Labute approximate surface area is 177 Å². The van der Waals surface area contributed by atoms with E-state index in [1.165, 1.54) is 19.1 Å². The Kier molecular flexibility index (Phi) is 5.50. The van der Waals surface area contributed by atoms with Crippen LogP contribution in [0.4, 0.5) is 18.9 Å². The number of hydrogen-bond donors (Lipinski definition) is 2. The molecule has 0 aliphatic rings. The van der Waals surface area contributed by atoms with Crippen LogP contribution in [0.2, 0.25) is 0 Å². The highest BCUT2D eigenvalue weighted by atomic mass is 19.4. The van der Waals surface area contributed by atoms with E-state index in [9.17, 15) is 18.0 Å². The van der Waals surface area contributed by atoms with Crippen molar-refractivity contribution in [1.29, 1.82) is 0 Å². The molecule has 2 heterocycles. The first-order chi connectivity index (χ1) is 14.8. The van der Waals surface area contributed by atoms with Gasteiger partial charge in [0, 0.05) is 35.5 Å². The van der Waals surface area contributed by atoms with Gasteiger partial charge in [-0.05, 0) is 54.3 Å². The fraction of sp³-hybridized carbons (Fsp3) is 0.167. The van der Waals surface area contributed by atoms with Crippen LogP contribution < -0.4 is 5.32 Å². The van der Waals surface area contributed by atoms with Gasteiger partial charge in [-0.15, -0.1) is 0 Å². The first kappa shape index (κ1) is 20.7. The van der Waals surface area contributed by atoms with Crippen molar-refractivity contribution in [3.8, 4) is 11.1 Å². The van der Waals surface area contributed by atoms with Crippen molar-refractivity contribution < 1.29 is 18.0 Å². The number of rotatable bonds is 5. The number of fused-ring (bicyclic) bond motifs is 1. The molecule has 0 radical (unpaired) electrons. The van der Waals surface area contributed by atoms with Gasteiger partial charge in [0.15, 0.2) is 0 Å². The Hall–Kier alpha value is -3.61. The summed E-state index contributed by atoms with van der Waals surface area (Å²) in [6, 6.07) is 15.6. The molecule has 0 aliphatic heterocycles. The van der Waals surface area contributed by atoms with Gasteiger partial charge >= 0.3 is 6.18 Å². The lowest BCUT2D eigenvalue weighted by Crippen LogP contribution is -2.14. The van der Waals surface area contributed by atoms with Crippen LogP contribution in [0.15, 0.2) is 67.0 Å². The summed E-state index contributed by atoms with van der Waals surface area (Å²) >= 11 is 0. The molecule has 2 aromatic carbocycles. The molecule has 4 aromatic rings. The minimum atomic E-state index is -4.45. The molecule has 0 spiro atoms. The summed E-state index contributed by atoms with van der Waals surface area (Å²) in [7, 11) is 0. The third-order valence-electron chi connectivity index (χ3n) is 5.13. The average molecular weight is 423 g/mol. The third kappa shape index (κ3) is 4.77. The minimum Gasteiger partial charge on any atom is -0.346 e. The summed E-state index contributed by atoms with van der Waals surface area (Å²) < 4.78 is 39.2. The van der Waals surface area contributed by atoms with Gasteiger partial charge in [0.25, 0.3) is 0 Å². The molecule has 0 saturated heterocycles. The van der Waals surface area contributed by atoms with Gasteiger partial charge in [-0.25, -0.2) is 4.98 Å². The van der Waals surface area contributed by atoms with Gasteiger partial charge in [0.2, 0.25) is 5.91 Å². The highest BCUT2D eigenvalue weighted by molar-refractivity contribution is 5.91. The molecule has 4 rings (SSSR count). The van der Waals surface area contributed by atoms with E-state index in [0.717, 1.165) is 33.8 Å². The van der Waals surface area contributed by atoms with Crippen LogP contribution in [0.1, 0.15) is 23.1 Å². The van der Waals surface area contributed by atoms with Crippen LogP contribution in [0.3, 0.4) is 0 Å². The zero-order valence-electron chi connectivity index (χ0n) is 16.8. The van der Waals surface area contributed by atoms with Gasteiger partial charge in [-0.1, -0.05) is 30.3 Å². The number of H-pyrrole nitrogens is 1. The Balaban J connectivity index is 1.42. The molecule has 1 amide bonds. The summed E-state index contributed by atoms with van der Waals surface area (Å²) in [6.45, 7) is 1.39. The molecule has 31 heavy (non-hydrogen) atoms. The molecule has 2 N–H and O–H groups in total. The largest absolute Gasteiger partial charge is 0.416 e. The number of nitrogens with zero attached hydrogens (tertiary/aromatic N) is 1. The lowest BCUT2D eigenvalue weighted by molar-refractivity contribution is -0.138. The van der Waals surface area contributed by atoms with Crippen molar-refractivity contribution in [1.82, 2.24) is 9.97 Å². The number of anilines is 1. The lowest BCUT2D eigenvalue weighted by Gasteiger charge is -2.13. The van der Waals surface area contributed by atoms with Crippen molar-refractivity contribution in [3.63, 3.8) is 0 Å². The number of aromatic amines is 1. The molecule has 7 heteroatoms. The second kappa shape index (κ2) is 8.26. The van der Waals surface area contributed by atoms with E-state index in [2.05, 4.69) is 15.3 Å². The SMILES string of the molecule is Cc1ccc(NC(=O)CCc2cccc(-c3cnc4[nH]ccc4c3)c2)cc1C(F)(F)F. The Morgan fingerprint density at radius 2 is 1.90 bits per heavy atom. The van der Waals surface area contributed by atoms with Crippen molar-refractivity contribution in [3.05, 3.63) is 83.7 Å². The second-order valence-corrected chi connectivity index (χ2v) is 7.42. The summed E-state index contributed by atoms with van der Waals surface area (Å²) in [6.07, 6.45) is -0.197. The number of carbonyl (C=O) groups excluding carboxylic acids is 1. The van der Waals surface area contributed by atoms with E-state index >= 15 is 0 Å². The maximum atomic E-state index is 13.1. The van der Waals surface area contributed by atoms with Crippen LogP contribution in [0, 0.1) is 6.92 Å². The number of nitrogens with one attached hydrogen (secondary N) is 2. The summed E-state index contributed by atoms with van der Waals surface area (Å²) in [5.41, 5.74) is 3.26. The molecular formula is C24H20F3N3O. The number of hydrogen-bond acceptors (Lipinski definition) is 2. The Bertz CT molecular complexity index is 1240. The number of alkyl halides is 3. The van der Waals surface area contributed by atoms with E-state index in [-0.39, 0.29) is 23.6 Å². The van der Waals surface area contributed by atoms with E-state index in [1.807, 2.05) is 42.6 Å². The van der Waals surface area contributed by atoms with E-state index in [0.29, 0.717) is 6.42 Å². The molecular weight excluding hydrogens is 403 g/mol. The van der Waals surface area contributed by atoms with Gasteiger partial charge in [-0.3, -0.25) is 4.79 Å². The summed E-state index contributed by atoms with van der Waals surface area (Å²) in [5.74, 6) is -0.335. The molecule has 0 bridgehead atoms. The molecule has 4 nitrogen and oxygen atoms in total. The number of carbonyl (C=O) groups is 1. The number of pyridine rings is 1. The van der Waals surface area contributed by atoms with E-state index < -0.39 is 11.7 Å². The van der Waals surface area contributed by atoms with Crippen molar-refractivity contribution in [2.75, 3.05) is 5.32 Å². The number of aryl methyl sites for hydroxylation is 2. The average Bonchev–Trinajstić information content (AvgIpc) is 3.21. The number of amides is 1. The maximum absolute atomic E-state index is 13.1. The van der Waals surface area contributed by atoms with Crippen LogP contribution in [0.5, 0.6) is 0 Å². The van der Waals surface area contributed by atoms with Gasteiger partial charge in [0.05, 0.1) is 5.56 Å². The normalized spacial score (nSPS) is 11.6. The maximum Gasteiger partial charge on any atom is 0.416 e. The zero-order valence-corrected chi connectivity index (χ0v) is 16.8. The first-order valence-electron chi connectivity index (χ1n) is 9.80. The highest BCUT2D eigenvalue weighted by Crippen LogP contribution is 2.33. The highest BCUT2D eigenvalue weighted by Gasteiger charge is 2.32. The van der Waals surface area contributed by atoms with Gasteiger partial charge in [-0.2, -0.15) is 13.2 Å². The lowest BCUT2D eigenvalue weighted by atomic mass is 10.0. The summed E-state index contributed by atoms with van der Waals surface area (Å²) in [4.78, 5) is 19.8. The molecule has 2 aromatic heterocycles. The van der Waals surface area contributed by atoms with Crippen LogP contribution in [0.25, 0.3) is 22.2 Å². The van der Waals surface area contributed by atoms with E-state index in [4.69, 9.17) is 0 Å². The fourth-order valence-electron chi connectivity index (χ4n) is 3.49. The number of halogens is 3. The molecule has 0 unspecified atom stereocenters. The summed E-state index contributed by atoms with van der Waals surface area (Å²) in [5, 5.41) is 3.58.